The van der Waals surface area contributed by atoms with Crippen LogP contribution in [0.1, 0.15) is 34.5 Å². The molecule has 3 rings (SSSR count). The summed E-state index contributed by atoms with van der Waals surface area (Å²) in [6, 6.07) is 7.91. The first-order valence-electron chi connectivity index (χ1n) is 7.62. The van der Waals surface area contributed by atoms with Crippen LogP contribution in [0.5, 0.6) is 0 Å². The van der Waals surface area contributed by atoms with E-state index in [1.54, 1.807) is 0 Å². The van der Waals surface area contributed by atoms with Crippen molar-refractivity contribution in [3.05, 3.63) is 59.7 Å². The van der Waals surface area contributed by atoms with Gasteiger partial charge in [-0.15, -0.1) is 0 Å². The van der Waals surface area contributed by atoms with Gasteiger partial charge in [-0.3, -0.25) is 14.6 Å². The van der Waals surface area contributed by atoms with Crippen molar-refractivity contribution in [2.24, 2.45) is 0 Å². The van der Waals surface area contributed by atoms with Gasteiger partial charge in [0.25, 0.3) is 5.91 Å². The Labute approximate surface area is 134 Å². The van der Waals surface area contributed by atoms with Crippen LogP contribution in [0.25, 0.3) is 0 Å². The molecule has 1 aromatic heterocycles. The van der Waals surface area contributed by atoms with E-state index in [0.29, 0.717) is 25.2 Å². The van der Waals surface area contributed by atoms with E-state index < -0.39 is 0 Å². The SMILES string of the molecule is O=C(NCc1cccc(CN2CCCC2=O)c1)c1cnccn1. The third-order valence-electron chi connectivity index (χ3n) is 3.79. The first kappa shape index (κ1) is 15.1. The maximum absolute atomic E-state index is 12.0. The second-order valence-corrected chi connectivity index (χ2v) is 5.51. The van der Waals surface area contributed by atoms with E-state index in [1.165, 1.54) is 18.6 Å². The molecule has 0 unspecified atom stereocenters. The quantitative estimate of drug-likeness (QED) is 0.909. The molecule has 1 fully saturated rings. The average Bonchev–Trinajstić information content (AvgIpc) is 2.99. The molecule has 1 N–H and O–H groups in total. The van der Waals surface area contributed by atoms with E-state index in [1.807, 2.05) is 29.2 Å². The van der Waals surface area contributed by atoms with E-state index in [9.17, 15) is 9.59 Å². The monoisotopic (exact) mass is 310 g/mol. The summed E-state index contributed by atoms with van der Waals surface area (Å²) in [6.07, 6.45) is 6.04. The number of nitrogens with one attached hydrogen (secondary N) is 1. The summed E-state index contributed by atoms with van der Waals surface area (Å²) in [5.74, 6) is -0.0374. The van der Waals surface area contributed by atoms with Crippen molar-refractivity contribution >= 4 is 11.8 Å². The number of hydrogen-bond acceptors (Lipinski definition) is 4. The molecule has 0 saturated carbocycles. The van der Waals surface area contributed by atoms with E-state index in [0.717, 1.165) is 24.1 Å². The first-order valence-corrected chi connectivity index (χ1v) is 7.62. The maximum atomic E-state index is 12.0. The van der Waals surface area contributed by atoms with Gasteiger partial charge in [0.1, 0.15) is 5.69 Å². The minimum Gasteiger partial charge on any atom is -0.347 e. The smallest absolute Gasteiger partial charge is 0.271 e. The molecule has 1 saturated heterocycles. The van der Waals surface area contributed by atoms with Gasteiger partial charge in [0.15, 0.2) is 0 Å². The largest absolute Gasteiger partial charge is 0.347 e. The lowest BCUT2D eigenvalue weighted by Gasteiger charge is -2.16. The topological polar surface area (TPSA) is 75.2 Å². The van der Waals surface area contributed by atoms with Gasteiger partial charge >= 0.3 is 0 Å². The van der Waals surface area contributed by atoms with Gasteiger partial charge < -0.3 is 10.2 Å². The molecule has 1 aliphatic rings. The van der Waals surface area contributed by atoms with Crippen molar-refractivity contribution in [2.45, 2.75) is 25.9 Å². The van der Waals surface area contributed by atoms with E-state index >= 15 is 0 Å². The Morgan fingerprint density at radius 3 is 2.87 bits per heavy atom. The van der Waals surface area contributed by atoms with Gasteiger partial charge in [0.05, 0.1) is 6.20 Å². The molecule has 0 radical (unpaired) electrons. The molecule has 1 aliphatic heterocycles. The van der Waals surface area contributed by atoms with Crippen LogP contribution in [0.2, 0.25) is 0 Å². The number of benzene rings is 1. The fraction of sp³-hybridized carbons (Fsp3) is 0.294. The van der Waals surface area contributed by atoms with Gasteiger partial charge in [-0.05, 0) is 17.5 Å². The average molecular weight is 310 g/mol. The highest BCUT2D eigenvalue weighted by Crippen LogP contribution is 2.15. The summed E-state index contributed by atoms with van der Waals surface area (Å²) in [5.41, 5.74) is 2.37. The molecule has 6 heteroatoms. The van der Waals surface area contributed by atoms with E-state index in [4.69, 9.17) is 0 Å². The fourth-order valence-corrected chi connectivity index (χ4v) is 2.62. The van der Waals surface area contributed by atoms with Crippen LogP contribution in [0.4, 0.5) is 0 Å². The zero-order valence-electron chi connectivity index (χ0n) is 12.7. The predicted octanol–water partition coefficient (Wildman–Crippen LogP) is 1.53. The first-order chi connectivity index (χ1) is 11.2. The minimum atomic E-state index is -0.252. The number of aromatic nitrogens is 2. The van der Waals surface area contributed by atoms with Crippen molar-refractivity contribution in [3.63, 3.8) is 0 Å². The van der Waals surface area contributed by atoms with Crippen molar-refractivity contribution in [1.29, 1.82) is 0 Å². The molecular formula is C17H18N4O2. The number of nitrogens with zero attached hydrogens (tertiary/aromatic N) is 3. The van der Waals surface area contributed by atoms with Crippen molar-refractivity contribution in [3.8, 4) is 0 Å². The van der Waals surface area contributed by atoms with E-state index in [-0.39, 0.29) is 11.8 Å². The third kappa shape index (κ3) is 3.91. The summed E-state index contributed by atoms with van der Waals surface area (Å²) in [6.45, 7) is 1.87. The van der Waals surface area contributed by atoms with E-state index in [2.05, 4.69) is 15.3 Å². The second kappa shape index (κ2) is 7.00. The lowest BCUT2D eigenvalue weighted by Crippen LogP contribution is -2.25. The Hall–Kier alpha value is -2.76. The normalized spacial score (nSPS) is 14.1. The molecule has 6 nitrogen and oxygen atoms in total. The lowest BCUT2D eigenvalue weighted by molar-refractivity contribution is -0.128. The number of likely N-dealkylation sites (tertiary alicyclic amines) is 1. The standard InChI is InChI=1S/C17H18N4O2/c22-16-5-2-8-21(16)12-14-4-1-3-13(9-14)10-20-17(23)15-11-18-6-7-19-15/h1,3-4,6-7,9,11H,2,5,8,10,12H2,(H,20,23). The van der Waals surface area contributed by atoms with Crippen molar-refractivity contribution < 1.29 is 9.59 Å². The van der Waals surface area contributed by atoms with Crippen molar-refractivity contribution in [2.75, 3.05) is 6.54 Å². The molecule has 23 heavy (non-hydrogen) atoms. The molecule has 1 aromatic carbocycles. The molecule has 2 heterocycles. The Balaban J connectivity index is 1.59. The Morgan fingerprint density at radius 1 is 1.26 bits per heavy atom. The van der Waals surface area contributed by atoms with Crippen LogP contribution < -0.4 is 5.32 Å². The number of hydrogen-bond donors (Lipinski definition) is 1. The van der Waals surface area contributed by atoms with Crippen molar-refractivity contribution in [1.82, 2.24) is 20.2 Å². The van der Waals surface area contributed by atoms with Gasteiger partial charge in [-0.2, -0.15) is 0 Å². The minimum absolute atomic E-state index is 0.214. The Bertz CT molecular complexity index is 703. The molecule has 0 spiro atoms. The van der Waals surface area contributed by atoms with Gasteiger partial charge in [0, 0.05) is 38.4 Å². The van der Waals surface area contributed by atoms with Gasteiger partial charge in [0.2, 0.25) is 5.91 Å². The second-order valence-electron chi connectivity index (χ2n) is 5.51. The molecular weight excluding hydrogens is 292 g/mol. The highest BCUT2D eigenvalue weighted by atomic mass is 16.2. The number of amides is 2. The summed E-state index contributed by atoms with van der Waals surface area (Å²) >= 11 is 0. The zero-order valence-corrected chi connectivity index (χ0v) is 12.7. The highest BCUT2D eigenvalue weighted by molar-refractivity contribution is 5.91. The lowest BCUT2D eigenvalue weighted by atomic mass is 10.1. The van der Waals surface area contributed by atoms with Crippen LogP contribution >= 0.6 is 0 Å². The Kier molecular flexibility index (Phi) is 4.61. The molecule has 2 aromatic rings. The molecule has 0 atom stereocenters. The zero-order chi connectivity index (χ0) is 16.1. The highest BCUT2D eigenvalue weighted by Gasteiger charge is 2.19. The van der Waals surface area contributed by atoms with Crippen LogP contribution in [0.15, 0.2) is 42.9 Å². The summed E-state index contributed by atoms with van der Waals surface area (Å²) in [4.78, 5) is 33.4. The third-order valence-corrected chi connectivity index (χ3v) is 3.79. The van der Waals surface area contributed by atoms with Gasteiger partial charge in [-0.1, -0.05) is 24.3 Å². The van der Waals surface area contributed by atoms with Crippen LogP contribution in [-0.4, -0.2) is 33.2 Å². The maximum Gasteiger partial charge on any atom is 0.271 e. The van der Waals surface area contributed by atoms with Crippen LogP contribution in [-0.2, 0) is 17.9 Å². The van der Waals surface area contributed by atoms with Crippen LogP contribution in [0.3, 0.4) is 0 Å². The number of carbonyl (C=O) groups excluding carboxylic acids is 2. The van der Waals surface area contributed by atoms with Gasteiger partial charge in [-0.25, -0.2) is 4.98 Å². The number of carbonyl (C=O) groups is 2. The fourth-order valence-electron chi connectivity index (χ4n) is 2.62. The van der Waals surface area contributed by atoms with Crippen LogP contribution in [0, 0.1) is 0 Å². The summed E-state index contributed by atoms with van der Waals surface area (Å²) in [5, 5.41) is 2.82. The molecule has 0 bridgehead atoms. The predicted molar refractivity (Wildman–Crippen MR) is 84.3 cm³/mol. The molecule has 2 amide bonds. The number of rotatable bonds is 5. The summed E-state index contributed by atoms with van der Waals surface area (Å²) < 4.78 is 0. The Morgan fingerprint density at radius 2 is 2.13 bits per heavy atom. The summed E-state index contributed by atoms with van der Waals surface area (Å²) in [7, 11) is 0. The molecule has 0 aliphatic carbocycles. The molecule has 118 valence electrons.